The Morgan fingerprint density at radius 1 is 1.25 bits per heavy atom. The monoisotopic (exact) mass is 335 g/mol. The third kappa shape index (κ3) is 3.74. The van der Waals surface area contributed by atoms with Gasteiger partial charge in [-0.15, -0.1) is 0 Å². The molecule has 0 aliphatic rings. The number of hydrogen-bond acceptors (Lipinski definition) is 2. The fourth-order valence-corrected chi connectivity index (χ4v) is 2.68. The molecule has 0 aliphatic heterocycles. The van der Waals surface area contributed by atoms with Crippen molar-refractivity contribution in [3.63, 3.8) is 0 Å². The standard InChI is InChI=1S/C17H22BrNO/c1-4-6-19-16(10-14-5-7-20-11-14)15-8-12(2)17(18)13(3)9-15/h5,7-9,11,16,19H,4,6,10H2,1-3H3. The number of halogens is 1. The molecule has 0 spiro atoms. The minimum Gasteiger partial charge on any atom is -0.472 e. The fraction of sp³-hybridized carbons (Fsp3) is 0.412. The van der Waals surface area contributed by atoms with E-state index in [1.165, 1.54) is 26.7 Å². The van der Waals surface area contributed by atoms with E-state index in [-0.39, 0.29) is 0 Å². The zero-order chi connectivity index (χ0) is 14.5. The molecule has 0 aliphatic carbocycles. The lowest BCUT2D eigenvalue weighted by Gasteiger charge is -2.20. The molecule has 2 rings (SSSR count). The van der Waals surface area contributed by atoms with E-state index < -0.39 is 0 Å². The molecule has 1 N–H and O–H groups in total. The Bertz CT molecular complexity index is 525. The molecule has 1 heterocycles. The highest BCUT2D eigenvalue weighted by Crippen LogP contribution is 2.27. The smallest absolute Gasteiger partial charge is 0.0935 e. The van der Waals surface area contributed by atoms with Gasteiger partial charge in [0.25, 0.3) is 0 Å². The first-order valence-corrected chi connectivity index (χ1v) is 7.92. The van der Waals surface area contributed by atoms with Crippen molar-refractivity contribution in [3.05, 3.63) is 57.5 Å². The molecule has 0 saturated carbocycles. The molecule has 0 radical (unpaired) electrons. The maximum Gasteiger partial charge on any atom is 0.0935 e. The lowest BCUT2D eigenvalue weighted by Crippen LogP contribution is -2.24. The Hall–Kier alpha value is -1.06. The van der Waals surface area contributed by atoms with Crippen LogP contribution in [0.4, 0.5) is 0 Å². The van der Waals surface area contributed by atoms with Gasteiger partial charge in [-0.2, -0.15) is 0 Å². The first-order chi connectivity index (χ1) is 9.61. The van der Waals surface area contributed by atoms with E-state index in [9.17, 15) is 0 Å². The van der Waals surface area contributed by atoms with Crippen molar-refractivity contribution < 1.29 is 4.42 Å². The van der Waals surface area contributed by atoms with Crippen molar-refractivity contribution in [3.8, 4) is 0 Å². The molecule has 0 bridgehead atoms. The molecular weight excluding hydrogens is 314 g/mol. The molecule has 1 unspecified atom stereocenters. The van der Waals surface area contributed by atoms with E-state index >= 15 is 0 Å². The van der Waals surface area contributed by atoms with Gasteiger partial charge in [0.1, 0.15) is 0 Å². The van der Waals surface area contributed by atoms with Crippen molar-refractivity contribution in [1.29, 1.82) is 0 Å². The van der Waals surface area contributed by atoms with Gasteiger partial charge in [0.2, 0.25) is 0 Å². The van der Waals surface area contributed by atoms with E-state index in [2.05, 4.69) is 54.2 Å². The maximum absolute atomic E-state index is 5.19. The van der Waals surface area contributed by atoms with Crippen LogP contribution in [0, 0.1) is 13.8 Å². The minimum atomic E-state index is 0.332. The molecule has 108 valence electrons. The number of benzene rings is 1. The second-order valence-corrected chi connectivity index (χ2v) is 6.10. The molecule has 1 aromatic carbocycles. The van der Waals surface area contributed by atoms with Crippen LogP contribution >= 0.6 is 15.9 Å². The first kappa shape index (κ1) is 15.3. The third-order valence-electron chi connectivity index (χ3n) is 3.52. The molecule has 0 saturated heterocycles. The average Bonchev–Trinajstić information content (AvgIpc) is 2.93. The molecular formula is C17H22BrNO. The van der Waals surface area contributed by atoms with Crippen molar-refractivity contribution in [1.82, 2.24) is 5.32 Å². The van der Waals surface area contributed by atoms with Crippen LogP contribution in [0.25, 0.3) is 0 Å². The zero-order valence-electron chi connectivity index (χ0n) is 12.4. The van der Waals surface area contributed by atoms with E-state index in [1.807, 2.05) is 12.3 Å². The van der Waals surface area contributed by atoms with Crippen LogP contribution in [0.3, 0.4) is 0 Å². The van der Waals surface area contributed by atoms with Gasteiger partial charge in [-0.25, -0.2) is 0 Å². The summed E-state index contributed by atoms with van der Waals surface area (Å²) < 4.78 is 6.39. The molecule has 1 aromatic heterocycles. The van der Waals surface area contributed by atoms with E-state index in [0.29, 0.717) is 6.04 Å². The van der Waals surface area contributed by atoms with Gasteiger partial charge in [0.05, 0.1) is 12.5 Å². The predicted octanol–water partition coefficient (Wildman–Crippen LogP) is 4.94. The Kier molecular flexibility index (Phi) is 5.44. The Labute approximate surface area is 129 Å². The maximum atomic E-state index is 5.19. The predicted molar refractivity (Wildman–Crippen MR) is 87.1 cm³/mol. The minimum absolute atomic E-state index is 0.332. The van der Waals surface area contributed by atoms with Crippen LogP contribution < -0.4 is 5.32 Å². The summed E-state index contributed by atoms with van der Waals surface area (Å²) in [6.07, 6.45) is 5.66. The average molecular weight is 336 g/mol. The lowest BCUT2D eigenvalue weighted by atomic mass is 9.97. The summed E-state index contributed by atoms with van der Waals surface area (Å²) in [6, 6.07) is 6.91. The van der Waals surface area contributed by atoms with Crippen molar-refractivity contribution in [2.75, 3.05) is 6.54 Å². The molecule has 20 heavy (non-hydrogen) atoms. The number of rotatable bonds is 6. The quantitative estimate of drug-likeness (QED) is 0.808. The highest BCUT2D eigenvalue weighted by Gasteiger charge is 2.14. The summed E-state index contributed by atoms with van der Waals surface area (Å²) in [5, 5.41) is 3.64. The number of nitrogens with one attached hydrogen (secondary N) is 1. The van der Waals surface area contributed by atoms with E-state index in [0.717, 1.165) is 19.4 Å². The van der Waals surface area contributed by atoms with Crippen molar-refractivity contribution >= 4 is 15.9 Å². The fourth-order valence-electron chi connectivity index (χ4n) is 2.45. The van der Waals surface area contributed by atoms with Crippen molar-refractivity contribution in [2.45, 2.75) is 39.7 Å². The molecule has 2 aromatic rings. The largest absolute Gasteiger partial charge is 0.472 e. The van der Waals surface area contributed by atoms with Crippen LogP contribution in [-0.2, 0) is 6.42 Å². The highest BCUT2D eigenvalue weighted by atomic mass is 79.9. The third-order valence-corrected chi connectivity index (χ3v) is 4.77. The van der Waals surface area contributed by atoms with Gasteiger partial charge in [-0.1, -0.05) is 35.0 Å². The van der Waals surface area contributed by atoms with Crippen LogP contribution in [0.1, 0.15) is 41.6 Å². The zero-order valence-corrected chi connectivity index (χ0v) is 14.0. The second kappa shape index (κ2) is 7.09. The van der Waals surface area contributed by atoms with Gasteiger partial charge in [0.15, 0.2) is 0 Å². The Morgan fingerprint density at radius 2 is 1.95 bits per heavy atom. The SMILES string of the molecule is CCCNC(Cc1ccoc1)c1cc(C)c(Br)c(C)c1. The summed E-state index contributed by atoms with van der Waals surface area (Å²) in [5.74, 6) is 0. The lowest BCUT2D eigenvalue weighted by molar-refractivity contribution is 0.520. The highest BCUT2D eigenvalue weighted by molar-refractivity contribution is 9.10. The number of furan rings is 1. The molecule has 2 nitrogen and oxygen atoms in total. The molecule has 0 amide bonds. The van der Waals surface area contributed by atoms with E-state index in [1.54, 1.807) is 6.26 Å². The summed E-state index contributed by atoms with van der Waals surface area (Å²) >= 11 is 3.64. The van der Waals surface area contributed by atoms with Crippen LogP contribution in [0.5, 0.6) is 0 Å². The van der Waals surface area contributed by atoms with Crippen LogP contribution in [-0.4, -0.2) is 6.54 Å². The first-order valence-electron chi connectivity index (χ1n) is 7.13. The van der Waals surface area contributed by atoms with Gasteiger partial charge in [0, 0.05) is 10.5 Å². The van der Waals surface area contributed by atoms with E-state index in [4.69, 9.17) is 4.42 Å². The van der Waals surface area contributed by atoms with Crippen LogP contribution in [0.15, 0.2) is 39.6 Å². The second-order valence-electron chi connectivity index (χ2n) is 5.31. The molecule has 3 heteroatoms. The van der Waals surface area contributed by atoms with Gasteiger partial charge < -0.3 is 9.73 Å². The summed E-state index contributed by atoms with van der Waals surface area (Å²) in [7, 11) is 0. The topological polar surface area (TPSA) is 25.2 Å². The van der Waals surface area contributed by atoms with Crippen molar-refractivity contribution in [2.24, 2.45) is 0 Å². The van der Waals surface area contributed by atoms with Crippen LogP contribution in [0.2, 0.25) is 0 Å². The summed E-state index contributed by atoms with van der Waals surface area (Å²) in [6.45, 7) is 7.52. The van der Waals surface area contributed by atoms with Gasteiger partial charge >= 0.3 is 0 Å². The number of aryl methyl sites for hydroxylation is 2. The summed E-state index contributed by atoms with van der Waals surface area (Å²) in [5.41, 5.74) is 5.15. The normalized spacial score (nSPS) is 12.6. The molecule has 1 atom stereocenters. The Morgan fingerprint density at radius 3 is 2.50 bits per heavy atom. The molecule has 0 fully saturated rings. The Balaban J connectivity index is 2.25. The summed E-state index contributed by atoms with van der Waals surface area (Å²) in [4.78, 5) is 0. The van der Waals surface area contributed by atoms with Gasteiger partial charge in [-0.3, -0.25) is 0 Å². The number of hydrogen-bond donors (Lipinski definition) is 1. The van der Waals surface area contributed by atoms with Gasteiger partial charge in [-0.05, 0) is 61.6 Å².